The number of fused-ring (bicyclic) bond motifs is 7. The summed E-state index contributed by atoms with van der Waals surface area (Å²) in [4.78, 5) is 2.38. The molecule has 9 aromatic carbocycles. The number of thiophene rings is 1. The molecule has 0 aliphatic carbocycles. The van der Waals surface area contributed by atoms with Gasteiger partial charge in [-0.05, 0) is 87.1 Å². The molecule has 0 saturated heterocycles. The van der Waals surface area contributed by atoms with E-state index in [0.717, 1.165) is 50.1 Å². The van der Waals surface area contributed by atoms with Crippen LogP contribution in [0.5, 0.6) is 0 Å². The van der Waals surface area contributed by atoms with Gasteiger partial charge in [0.05, 0.1) is 5.69 Å². The van der Waals surface area contributed by atoms with Crippen molar-refractivity contribution < 1.29 is 4.42 Å². The monoisotopic (exact) mass is 719 g/mol. The lowest BCUT2D eigenvalue weighted by Crippen LogP contribution is -2.11. The first-order valence-electron chi connectivity index (χ1n) is 18.7. The highest BCUT2D eigenvalue weighted by molar-refractivity contribution is 7.26. The Morgan fingerprint density at radius 1 is 0.364 bits per heavy atom. The van der Waals surface area contributed by atoms with E-state index in [4.69, 9.17) is 4.42 Å². The Morgan fingerprint density at radius 2 is 0.982 bits per heavy atom. The first-order valence-corrected chi connectivity index (χ1v) is 19.5. The number of hydrogen-bond donors (Lipinski definition) is 0. The molecular weight excluding hydrogens is 687 g/mol. The van der Waals surface area contributed by atoms with Crippen molar-refractivity contribution in [3.8, 4) is 33.4 Å². The summed E-state index contributed by atoms with van der Waals surface area (Å²) in [6.07, 6.45) is 0. The van der Waals surface area contributed by atoms with E-state index in [1.54, 1.807) is 0 Å². The van der Waals surface area contributed by atoms with Gasteiger partial charge in [-0.15, -0.1) is 11.3 Å². The van der Waals surface area contributed by atoms with Crippen LogP contribution in [0.2, 0.25) is 0 Å². The molecule has 0 amide bonds. The van der Waals surface area contributed by atoms with E-state index in [1.807, 2.05) is 23.5 Å². The van der Waals surface area contributed by atoms with E-state index in [-0.39, 0.29) is 0 Å². The van der Waals surface area contributed by atoms with Crippen molar-refractivity contribution in [2.75, 3.05) is 4.90 Å². The third kappa shape index (κ3) is 5.32. The highest BCUT2D eigenvalue weighted by Gasteiger charge is 2.20. The third-order valence-corrected chi connectivity index (χ3v) is 12.1. The van der Waals surface area contributed by atoms with Gasteiger partial charge in [-0.25, -0.2) is 0 Å². The van der Waals surface area contributed by atoms with Crippen molar-refractivity contribution >= 4 is 81.3 Å². The summed E-state index contributed by atoms with van der Waals surface area (Å²) in [7, 11) is 0. The maximum atomic E-state index is 6.46. The van der Waals surface area contributed by atoms with Crippen molar-refractivity contribution in [2.45, 2.75) is 0 Å². The van der Waals surface area contributed by atoms with Crippen LogP contribution in [0.25, 0.3) is 86.3 Å². The second-order valence-corrected chi connectivity index (χ2v) is 15.1. The van der Waals surface area contributed by atoms with Crippen LogP contribution in [0, 0.1) is 0 Å². The summed E-state index contributed by atoms with van der Waals surface area (Å²) in [6.45, 7) is 0. The van der Waals surface area contributed by atoms with Gasteiger partial charge in [0.25, 0.3) is 0 Å². The summed E-state index contributed by atoms with van der Waals surface area (Å²) < 4.78 is 9.10. The summed E-state index contributed by atoms with van der Waals surface area (Å²) in [5, 5.41) is 7.31. The highest BCUT2D eigenvalue weighted by atomic mass is 32.1. The molecule has 0 aliphatic heterocycles. The van der Waals surface area contributed by atoms with Crippen LogP contribution in [-0.2, 0) is 0 Å². The zero-order valence-corrected chi connectivity index (χ0v) is 30.6. The fourth-order valence-corrected chi connectivity index (χ4v) is 9.54. The van der Waals surface area contributed by atoms with Crippen LogP contribution >= 0.6 is 11.3 Å². The van der Waals surface area contributed by atoms with Crippen molar-refractivity contribution in [1.29, 1.82) is 0 Å². The minimum absolute atomic E-state index is 0.866. The maximum absolute atomic E-state index is 6.46. The molecule has 0 saturated carbocycles. The van der Waals surface area contributed by atoms with Crippen molar-refractivity contribution in [3.63, 3.8) is 0 Å². The molecule has 2 nitrogen and oxygen atoms in total. The van der Waals surface area contributed by atoms with Crippen molar-refractivity contribution in [1.82, 2.24) is 0 Å². The second kappa shape index (κ2) is 12.9. The Labute approximate surface area is 322 Å². The minimum Gasteiger partial charge on any atom is -0.456 e. The van der Waals surface area contributed by atoms with Crippen LogP contribution in [-0.4, -0.2) is 0 Å². The SMILES string of the molecule is c1cc(-c2cccc(N(c3ccc4c(c3)oc3ccccc34)c3ccccc3-c3cccc4ccccc34)c2)cc(-c2cccc3c2sc2ccccc23)c1. The van der Waals surface area contributed by atoms with Gasteiger partial charge in [0, 0.05) is 53.9 Å². The number of furan rings is 1. The third-order valence-electron chi connectivity index (χ3n) is 10.9. The second-order valence-electron chi connectivity index (χ2n) is 14.1. The Bertz CT molecular complexity index is 3240. The first kappa shape index (κ1) is 31.6. The van der Waals surface area contributed by atoms with E-state index in [0.29, 0.717) is 0 Å². The Balaban J connectivity index is 1.09. The predicted octanol–water partition coefficient (Wildman–Crippen LogP) is 15.6. The summed E-state index contributed by atoms with van der Waals surface area (Å²) in [5.41, 5.74) is 12.1. The van der Waals surface area contributed by atoms with Crippen molar-refractivity contribution in [3.05, 3.63) is 200 Å². The van der Waals surface area contributed by atoms with Gasteiger partial charge in [-0.1, -0.05) is 146 Å². The summed E-state index contributed by atoms with van der Waals surface area (Å²) in [6, 6.07) is 72.2. The van der Waals surface area contributed by atoms with Gasteiger partial charge >= 0.3 is 0 Å². The van der Waals surface area contributed by atoms with Gasteiger partial charge in [0.1, 0.15) is 11.2 Å². The van der Waals surface area contributed by atoms with Gasteiger partial charge < -0.3 is 9.32 Å². The van der Waals surface area contributed by atoms with Crippen molar-refractivity contribution in [2.24, 2.45) is 0 Å². The molecule has 11 rings (SSSR count). The predicted molar refractivity (Wildman–Crippen MR) is 235 cm³/mol. The molecule has 55 heavy (non-hydrogen) atoms. The fourth-order valence-electron chi connectivity index (χ4n) is 8.30. The lowest BCUT2D eigenvalue weighted by Gasteiger charge is -2.28. The van der Waals surface area contributed by atoms with E-state index in [2.05, 4.69) is 193 Å². The number of hydrogen-bond acceptors (Lipinski definition) is 3. The van der Waals surface area contributed by atoms with Crippen LogP contribution in [0.4, 0.5) is 17.1 Å². The van der Waals surface area contributed by atoms with Crippen LogP contribution in [0.3, 0.4) is 0 Å². The molecule has 0 bridgehead atoms. The first-order chi connectivity index (χ1) is 27.3. The van der Waals surface area contributed by atoms with Crippen LogP contribution in [0.1, 0.15) is 0 Å². The molecular formula is C52H33NOS. The molecule has 11 aromatic rings. The van der Waals surface area contributed by atoms with Gasteiger partial charge in [0.15, 0.2) is 0 Å². The molecule has 0 aliphatic rings. The topological polar surface area (TPSA) is 16.4 Å². The smallest absolute Gasteiger partial charge is 0.137 e. The molecule has 2 aromatic heterocycles. The lowest BCUT2D eigenvalue weighted by molar-refractivity contribution is 0.669. The van der Waals surface area contributed by atoms with Crippen LogP contribution in [0.15, 0.2) is 205 Å². The number of rotatable bonds is 6. The normalized spacial score (nSPS) is 11.6. The highest BCUT2D eigenvalue weighted by Crippen LogP contribution is 2.45. The average Bonchev–Trinajstić information content (AvgIpc) is 3.82. The zero-order chi connectivity index (χ0) is 36.3. The number of anilines is 3. The Kier molecular flexibility index (Phi) is 7.39. The summed E-state index contributed by atoms with van der Waals surface area (Å²) in [5.74, 6) is 0. The molecule has 0 fully saturated rings. The fraction of sp³-hybridized carbons (Fsp3) is 0. The molecule has 0 spiro atoms. The number of nitrogens with zero attached hydrogens (tertiary/aromatic N) is 1. The average molecular weight is 720 g/mol. The summed E-state index contributed by atoms with van der Waals surface area (Å²) >= 11 is 1.87. The number of para-hydroxylation sites is 2. The molecule has 0 N–H and O–H groups in total. The van der Waals surface area contributed by atoms with Gasteiger partial charge in [0.2, 0.25) is 0 Å². The standard InChI is InChI=1S/C52H33NOS/c1-2-19-40-34(13-1)14-11-24-42(40)43-20-3-6-26-48(43)53(39-29-30-45-44-21-4-7-27-49(44)54-50(45)33-39)38-18-10-16-36(32-38)35-15-9-17-37(31-35)41-23-12-25-47-46-22-5-8-28-51(46)55-52(41)47/h1-33H. The molecule has 0 atom stereocenters. The van der Waals surface area contributed by atoms with E-state index >= 15 is 0 Å². The maximum Gasteiger partial charge on any atom is 0.137 e. The van der Waals surface area contributed by atoms with E-state index < -0.39 is 0 Å². The zero-order valence-electron chi connectivity index (χ0n) is 29.8. The lowest BCUT2D eigenvalue weighted by atomic mass is 9.95. The molecule has 0 unspecified atom stereocenters. The quantitative estimate of drug-likeness (QED) is 0.170. The van der Waals surface area contributed by atoms with Gasteiger partial charge in [-0.2, -0.15) is 0 Å². The molecule has 0 radical (unpaired) electrons. The largest absolute Gasteiger partial charge is 0.456 e. The Hall–Kier alpha value is -6.94. The van der Waals surface area contributed by atoms with Crippen LogP contribution < -0.4 is 4.90 Å². The Morgan fingerprint density at radius 3 is 1.93 bits per heavy atom. The van der Waals surface area contributed by atoms with E-state index in [1.165, 1.54) is 53.2 Å². The molecule has 2 heterocycles. The van der Waals surface area contributed by atoms with E-state index in [9.17, 15) is 0 Å². The number of benzene rings is 9. The molecule has 258 valence electrons. The minimum atomic E-state index is 0.866. The van der Waals surface area contributed by atoms with Gasteiger partial charge in [-0.3, -0.25) is 0 Å². The molecule has 3 heteroatoms.